The van der Waals surface area contributed by atoms with Crippen molar-refractivity contribution >= 4 is 22.2 Å². The summed E-state index contributed by atoms with van der Waals surface area (Å²) in [4.78, 5) is 10.0. The lowest BCUT2D eigenvalue weighted by Gasteiger charge is -2.31. The van der Waals surface area contributed by atoms with Gasteiger partial charge in [-0.2, -0.15) is 0 Å². The molecule has 1 unspecified atom stereocenters. The van der Waals surface area contributed by atoms with Crippen molar-refractivity contribution in [2.24, 2.45) is 0 Å². The number of aryl methyl sites for hydroxylation is 1. The molecule has 0 bridgehead atoms. The van der Waals surface area contributed by atoms with E-state index in [1.165, 1.54) is 27.1 Å². The van der Waals surface area contributed by atoms with Gasteiger partial charge in [0.2, 0.25) is 0 Å². The summed E-state index contributed by atoms with van der Waals surface area (Å²) >= 11 is 1.92. The third-order valence-corrected chi connectivity index (χ3v) is 5.80. The van der Waals surface area contributed by atoms with Crippen molar-refractivity contribution in [3.8, 4) is 0 Å². The second-order valence-corrected chi connectivity index (χ2v) is 7.73. The van der Waals surface area contributed by atoms with Gasteiger partial charge in [0.25, 0.3) is 0 Å². The fraction of sp³-hybridized carbons (Fsp3) is 0.350. The summed E-state index contributed by atoms with van der Waals surface area (Å²) in [5.41, 5.74) is 2.46. The van der Waals surface area contributed by atoms with Crippen LogP contribution in [0, 0.1) is 6.92 Å². The largest absolute Gasteiger partial charge is 0.315 e. The molecule has 3 aromatic rings. The summed E-state index contributed by atoms with van der Waals surface area (Å²) in [5, 5.41) is 4.80. The number of hydrogen-bond acceptors (Lipinski definition) is 4. The molecule has 1 atom stereocenters. The predicted molar refractivity (Wildman–Crippen MR) is 102 cm³/mol. The molecule has 1 aliphatic rings. The lowest BCUT2D eigenvalue weighted by Crippen LogP contribution is -2.32. The molecular formula is C20H23N3S. The van der Waals surface area contributed by atoms with E-state index in [2.05, 4.69) is 64.6 Å². The average Bonchev–Trinajstić information content (AvgIpc) is 2.86. The number of hydrogen-bond donors (Lipinski definition) is 1. The summed E-state index contributed by atoms with van der Waals surface area (Å²) in [6, 6.07) is 15.6. The van der Waals surface area contributed by atoms with Crippen LogP contribution in [0.4, 0.5) is 0 Å². The minimum Gasteiger partial charge on any atom is -0.315 e. The number of rotatable bonds is 3. The third-order valence-electron chi connectivity index (χ3n) is 4.75. The maximum atomic E-state index is 4.56. The number of nitrogens with zero attached hydrogens (tertiary/aromatic N) is 2. The fourth-order valence-corrected chi connectivity index (χ4v) is 4.64. The van der Waals surface area contributed by atoms with Crippen LogP contribution >= 0.6 is 11.3 Å². The molecule has 1 N–H and O–H groups in total. The molecule has 1 aliphatic heterocycles. The van der Waals surface area contributed by atoms with Crippen LogP contribution in [0.5, 0.6) is 0 Å². The van der Waals surface area contributed by atoms with E-state index in [9.17, 15) is 0 Å². The zero-order valence-electron chi connectivity index (χ0n) is 14.0. The Kier molecular flexibility index (Phi) is 4.60. The van der Waals surface area contributed by atoms with Gasteiger partial charge in [0, 0.05) is 41.0 Å². The molecule has 4 heteroatoms. The quantitative estimate of drug-likeness (QED) is 0.783. The summed E-state index contributed by atoms with van der Waals surface area (Å²) in [7, 11) is 0. The van der Waals surface area contributed by atoms with Crippen molar-refractivity contribution in [3.05, 3.63) is 64.0 Å². The van der Waals surface area contributed by atoms with E-state index >= 15 is 0 Å². The molecule has 0 amide bonds. The lowest BCUT2D eigenvalue weighted by atomic mass is 9.99. The van der Waals surface area contributed by atoms with Gasteiger partial charge in [-0.3, -0.25) is 9.88 Å². The number of benzene rings is 1. The van der Waals surface area contributed by atoms with Gasteiger partial charge < -0.3 is 5.32 Å². The van der Waals surface area contributed by atoms with Crippen LogP contribution in [0.25, 0.3) is 10.9 Å². The minimum atomic E-state index is 0.316. The summed E-state index contributed by atoms with van der Waals surface area (Å²) in [5.74, 6) is 0. The Balaban J connectivity index is 1.84. The molecule has 1 saturated heterocycles. The van der Waals surface area contributed by atoms with Crippen LogP contribution in [0.15, 0.2) is 48.7 Å². The Labute approximate surface area is 147 Å². The number of pyridine rings is 1. The van der Waals surface area contributed by atoms with Gasteiger partial charge in [0.1, 0.15) is 0 Å². The topological polar surface area (TPSA) is 28.2 Å². The highest BCUT2D eigenvalue weighted by Gasteiger charge is 2.26. The Bertz CT molecular complexity index is 813. The number of aromatic nitrogens is 1. The Morgan fingerprint density at radius 2 is 2.00 bits per heavy atom. The van der Waals surface area contributed by atoms with Crippen LogP contribution in [-0.2, 0) is 0 Å². The molecule has 4 rings (SSSR count). The van der Waals surface area contributed by atoms with Gasteiger partial charge in [-0.25, -0.2) is 0 Å². The number of para-hydroxylation sites is 1. The van der Waals surface area contributed by atoms with Gasteiger partial charge in [-0.1, -0.05) is 18.2 Å². The predicted octanol–water partition coefficient (Wildman–Crippen LogP) is 3.99. The minimum absolute atomic E-state index is 0.316. The average molecular weight is 337 g/mol. The van der Waals surface area contributed by atoms with Crippen LogP contribution in [-0.4, -0.2) is 36.1 Å². The maximum Gasteiger partial charge on any atom is 0.0705 e. The van der Waals surface area contributed by atoms with E-state index in [0.29, 0.717) is 6.04 Å². The SMILES string of the molecule is Cc1ccc(C(c2ccnc3ccccc23)N2CCCNCC2)s1. The first-order chi connectivity index (χ1) is 11.8. The van der Waals surface area contributed by atoms with Crippen LogP contribution in [0.2, 0.25) is 0 Å². The monoisotopic (exact) mass is 337 g/mol. The van der Waals surface area contributed by atoms with Crippen molar-refractivity contribution in [1.29, 1.82) is 0 Å². The summed E-state index contributed by atoms with van der Waals surface area (Å²) < 4.78 is 0. The van der Waals surface area contributed by atoms with Gasteiger partial charge in [-0.15, -0.1) is 11.3 Å². The first kappa shape index (κ1) is 15.8. The Morgan fingerprint density at radius 1 is 1.08 bits per heavy atom. The van der Waals surface area contributed by atoms with E-state index < -0.39 is 0 Å². The highest BCUT2D eigenvalue weighted by atomic mass is 32.1. The molecule has 0 spiro atoms. The fourth-order valence-electron chi connectivity index (χ4n) is 3.61. The number of fused-ring (bicyclic) bond motifs is 1. The van der Waals surface area contributed by atoms with Crippen molar-refractivity contribution in [2.45, 2.75) is 19.4 Å². The molecule has 0 aliphatic carbocycles. The molecule has 124 valence electrons. The number of nitrogens with one attached hydrogen (secondary N) is 1. The van der Waals surface area contributed by atoms with E-state index in [1.807, 2.05) is 17.5 Å². The molecule has 3 nitrogen and oxygen atoms in total. The van der Waals surface area contributed by atoms with Crippen molar-refractivity contribution in [1.82, 2.24) is 15.2 Å². The molecule has 0 radical (unpaired) electrons. The Hall–Kier alpha value is -1.75. The van der Waals surface area contributed by atoms with Gasteiger partial charge in [0.05, 0.1) is 11.6 Å². The second-order valence-electron chi connectivity index (χ2n) is 6.41. The van der Waals surface area contributed by atoms with Crippen molar-refractivity contribution < 1.29 is 0 Å². The van der Waals surface area contributed by atoms with Crippen LogP contribution in [0.3, 0.4) is 0 Å². The van der Waals surface area contributed by atoms with Crippen molar-refractivity contribution in [2.75, 3.05) is 26.2 Å². The highest BCUT2D eigenvalue weighted by molar-refractivity contribution is 7.12. The molecule has 2 aromatic heterocycles. The molecule has 24 heavy (non-hydrogen) atoms. The summed E-state index contributed by atoms with van der Waals surface area (Å²) in [6.07, 6.45) is 3.16. The summed E-state index contributed by atoms with van der Waals surface area (Å²) in [6.45, 7) is 6.58. The molecule has 3 heterocycles. The third kappa shape index (κ3) is 3.09. The van der Waals surface area contributed by atoms with Crippen LogP contribution in [0.1, 0.15) is 27.8 Å². The van der Waals surface area contributed by atoms with E-state index in [0.717, 1.165) is 31.7 Å². The molecule has 0 saturated carbocycles. The smallest absolute Gasteiger partial charge is 0.0705 e. The van der Waals surface area contributed by atoms with E-state index in [-0.39, 0.29) is 0 Å². The van der Waals surface area contributed by atoms with Gasteiger partial charge in [0.15, 0.2) is 0 Å². The second kappa shape index (κ2) is 7.01. The first-order valence-electron chi connectivity index (χ1n) is 8.68. The molecule has 1 fully saturated rings. The van der Waals surface area contributed by atoms with E-state index in [4.69, 9.17) is 0 Å². The van der Waals surface area contributed by atoms with Gasteiger partial charge in [-0.05, 0) is 49.7 Å². The molecular weight excluding hydrogens is 314 g/mol. The Morgan fingerprint density at radius 3 is 2.88 bits per heavy atom. The zero-order valence-corrected chi connectivity index (χ0v) is 14.9. The number of thiophene rings is 1. The van der Waals surface area contributed by atoms with E-state index in [1.54, 1.807) is 0 Å². The maximum absolute atomic E-state index is 4.56. The van der Waals surface area contributed by atoms with Crippen LogP contribution < -0.4 is 5.32 Å². The first-order valence-corrected chi connectivity index (χ1v) is 9.49. The lowest BCUT2D eigenvalue weighted by molar-refractivity contribution is 0.245. The van der Waals surface area contributed by atoms with Crippen molar-refractivity contribution in [3.63, 3.8) is 0 Å². The standard InChI is InChI=1S/C20H23N3S/c1-15-7-8-19(24-15)20(23-13-4-10-21-12-14-23)17-9-11-22-18-6-3-2-5-16(17)18/h2-3,5-9,11,20-21H,4,10,12-14H2,1H3. The zero-order chi connectivity index (χ0) is 16.4. The normalized spacial score (nSPS) is 17.7. The highest BCUT2D eigenvalue weighted by Crippen LogP contribution is 2.36. The molecule has 1 aromatic carbocycles. The van der Waals surface area contributed by atoms with Gasteiger partial charge >= 0.3 is 0 Å².